The molecule has 0 aliphatic heterocycles. The van der Waals surface area contributed by atoms with E-state index in [0.717, 1.165) is 11.6 Å². The van der Waals surface area contributed by atoms with Crippen molar-refractivity contribution in [2.45, 2.75) is 12.7 Å². The summed E-state index contributed by atoms with van der Waals surface area (Å²) in [5, 5.41) is 5.74. The Kier molecular flexibility index (Phi) is 4.81. The topological polar surface area (TPSA) is 17.8 Å². The van der Waals surface area contributed by atoms with Crippen LogP contribution in [-0.2, 0) is 12.7 Å². The SMILES string of the molecule is FC(F)(F)c1cccc2c(-c3cccc(Cl)c3)n(Cc3ccccc3Cl)nc12. The maximum absolute atomic E-state index is 13.5. The van der Waals surface area contributed by atoms with Crippen LogP contribution in [0.1, 0.15) is 11.1 Å². The van der Waals surface area contributed by atoms with Gasteiger partial charge in [0.05, 0.1) is 17.8 Å². The van der Waals surface area contributed by atoms with Crippen molar-refractivity contribution in [3.8, 4) is 11.3 Å². The summed E-state index contributed by atoms with van der Waals surface area (Å²) >= 11 is 12.4. The Morgan fingerprint density at radius 3 is 2.36 bits per heavy atom. The molecule has 0 unspecified atom stereocenters. The van der Waals surface area contributed by atoms with Gasteiger partial charge in [-0.3, -0.25) is 4.68 Å². The van der Waals surface area contributed by atoms with Crippen molar-refractivity contribution in [2.24, 2.45) is 0 Å². The molecule has 4 aromatic rings. The van der Waals surface area contributed by atoms with E-state index in [0.29, 0.717) is 26.7 Å². The van der Waals surface area contributed by atoms with E-state index in [2.05, 4.69) is 5.10 Å². The molecule has 0 N–H and O–H groups in total. The van der Waals surface area contributed by atoms with E-state index >= 15 is 0 Å². The summed E-state index contributed by atoms with van der Waals surface area (Å²) in [6, 6.07) is 18.2. The molecule has 0 radical (unpaired) electrons. The fourth-order valence-electron chi connectivity index (χ4n) is 3.22. The molecule has 0 aliphatic carbocycles. The number of hydrogen-bond acceptors (Lipinski definition) is 1. The van der Waals surface area contributed by atoms with Gasteiger partial charge in [0, 0.05) is 21.0 Å². The van der Waals surface area contributed by atoms with Gasteiger partial charge in [-0.2, -0.15) is 18.3 Å². The van der Waals surface area contributed by atoms with Crippen LogP contribution in [0.2, 0.25) is 10.0 Å². The fraction of sp³-hybridized carbons (Fsp3) is 0.0952. The molecule has 4 rings (SSSR count). The molecule has 28 heavy (non-hydrogen) atoms. The van der Waals surface area contributed by atoms with Gasteiger partial charge in [-0.25, -0.2) is 0 Å². The molecule has 0 bridgehead atoms. The predicted octanol–water partition coefficient (Wildman–Crippen LogP) is 7.08. The minimum atomic E-state index is -4.51. The third-order valence-corrected chi connectivity index (χ3v) is 5.06. The molecule has 0 atom stereocenters. The van der Waals surface area contributed by atoms with Crippen LogP contribution >= 0.6 is 23.2 Å². The summed E-state index contributed by atoms with van der Waals surface area (Å²) in [6.07, 6.45) is -4.51. The number of nitrogens with zero attached hydrogens (tertiary/aromatic N) is 2. The molecule has 2 nitrogen and oxygen atoms in total. The Bertz CT molecular complexity index is 1170. The lowest BCUT2D eigenvalue weighted by atomic mass is 10.0. The number of halogens is 5. The first-order valence-corrected chi connectivity index (χ1v) is 9.16. The summed E-state index contributed by atoms with van der Waals surface area (Å²) in [5.41, 5.74) is 1.13. The van der Waals surface area contributed by atoms with E-state index in [9.17, 15) is 13.2 Å². The Morgan fingerprint density at radius 2 is 1.64 bits per heavy atom. The van der Waals surface area contributed by atoms with E-state index < -0.39 is 11.7 Å². The normalized spacial score (nSPS) is 11.9. The number of benzene rings is 3. The van der Waals surface area contributed by atoms with Crippen LogP contribution in [0.5, 0.6) is 0 Å². The highest BCUT2D eigenvalue weighted by molar-refractivity contribution is 6.31. The third kappa shape index (κ3) is 3.48. The van der Waals surface area contributed by atoms with Gasteiger partial charge in [-0.1, -0.05) is 65.7 Å². The third-order valence-electron chi connectivity index (χ3n) is 4.45. The largest absolute Gasteiger partial charge is 0.418 e. The van der Waals surface area contributed by atoms with Crippen LogP contribution in [0.25, 0.3) is 22.2 Å². The average Bonchev–Trinajstić information content (AvgIpc) is 3.00. The van der Waals surface area contributed by atoms with Gasteiger partial charge < -0.3 is 0 Å². The molecule has 0 fully saturated rings. The second-order valence-corrected chi connectivity index (χ2v) is 7.15. The number of fused-ring (bicyclic) bond motifs is 1. The maximum Gasteiger partial charge on any atom is 0.418 e. The van der Waals surface area contributed by atoms with Gasteiger partial charge in [0.2, 0.25) is 0 Å². The highest BCUT2D eigenvalue weighted by Gasteiger charge is 2.34. The van der Waals surface area contributed by atoms with Crippen LogP contribution in [0.15, 0.2) is 66.7 Å². The van der Waals surface area contributed by atoms with Crippen LogP contribution < -0.4 is 0 Å². The molecule has 7 heteroatoms. The van der Waals surface area contributed by atoms with Crippen molar-refractivity contribution in [3.05, 3.63) is 87.9 Å². The zero-order valence-electron chi connectivity index (χ0n) is 14.3. The van der Waals surface area contributed by atoms with Crippen LogP contribution in [0.4, 0.5) is 13.2 Å². The minimum absolute atomic E-state index is 0.1000. The van der Waals surface area contributed by atoms with Crippen molar-refractivity contribution >= 4 is 34.1 Å². The van der Waals surface area contributed by atoms with Crippen molar-refractivity contribution in [3.63, 3.8) is 0 Å². The standard InChI is InChI=1S/C21H13Cl2F3N2/c22-15-7-3-6-13(11-15)20-16-8-4-9-17(21(24,25)26)19(16)27-28(20)12-14-5-1-2-10-18(14)23/h1-11H,12H2. The Hall–Kier alpha value is -2.50. The van der Waals surface area contributed by atoms with Gasteiger partial charge in [0.1, 0.15) is 5.52 Å². The van der Waals surface area contributed by atoms with Gasteiger partial charge in [-0.05, 0) is 29.8 Å². The van der Waals surface area contributed by atoms with Crippen LogP contribution in [0.3, 0.4) is 0 Å². The Balaban J connectivity index is 1.99. The monoisotopic (exact) mass is 420 g/mol. The molecule has 0 aliphatic rings. The van der Waals surface area contributed by atoms with E-state index in [1.165, 1.54) is 6.07 Å². The first-order valence-electron chi connectivity index (χ1n) is 8.40. The Labute approximate surface area is 169 Å². The number of aromatic nitrogens is 2. The molecule has 0 saturated heterocycles. The summed E-state index contributed by atoms with van der Waals surface area (Å²) in [7, 11) is 0. The predicted molar refractivity (Wildman–Crippen MR) is 106 cm³/mol. The maximum atomic E-state index is 13.5. The lowest BCUT2D eigenvalue weighted by molar-refractivity contribution is -0.136. The van der Waals surface area contributed by atoms with Crippen molar-refractivity contribution in [1.29, 1.82) is 0 Å². The van der Waals surface area contributed by atoms with E-state index in [4.69, 9.17) is 23.2 Å². The quantitative estimate of drug-likeness (QED) is 0.346. The second-order valence-electron chi connectivity index (χ2n) is 6.31. The van der Waals surface area contributed by atoms with E-state index in [-0.39, 0.29) is 12.1 Å². The second kappa shape index (κ2) is 7.15. The zero-order chi connectivity index (χ0) is 19.9. The molecule has 1 aromatic heterocycles. The van der Waals surface area contributed by atoms with Gasteiger partial charge in [0.15, 0.2) is 0 Å². The number of alkyl halides is 3. The Morgan fingerprint density at radius 1 is 0.893 bits per heavy atom. The minimum Gasteiger partial charge on any atom is -0.259 e. The molecular formula is C21H13Cl2F3N2. The van der Waals surface area contributed by atoms with Crippen LogP contribution in [-0.4, -0.2) is 9.78 Å². The summed E-state index contributed by atoms with van der Waals surface area (Å²) in [4.78, 5) is 0. The summed E-state index contributed by atoms with van der Waals surface area (Å²) < 4.78 is 42.1. The molecule has 0 saturated carbocycles. The lowest BCUT2D eigenvalue weighted by Gasteiger charge is -2.10. The summed E-state index contributed by atoms with van der Waals surface area (Å²) in [6.45, 7) is 0.230. The smallest absolute Gasteiger partial charge is 0.259 e. The molecular weight excluding hydrogens is 408 g/mol. The molecule has 142 valence electrons. The first kappa shape index (κ1) is 18.8. The summed E-state index contributed by atoms with van der Waals surface area (Å²) in [5.74, 6) is 0. The van der Waals surface area contributed by atoms with E-state index in [1.54, 1.807) is 47.1 Å². The highest BCUT2D eigenvalue weighted by Crippen LogP contribution is 2.38. The average molecular weight is 421 g/mol. The van der Waals surface area contributed by atoms with Crippen molar-refractivity contribution in [1.82, 2.24) is 9.78 Å². The lowest BCUT2D eigenvalue weighted by Crippen LogP contribution is -2.07. The van der Waals surface area contributed by atoms with E-state index in [1.807, 2.05) is 12.1 Å². The molecule has 1 heterocycles. The molecule has 3 aromatic carbocycles. The number of rotatable bonds is 3. The van der Waals surface area contributed by atoms with Gasteiger partial charge in [-0.15, -0.1) is 0 Å². The molecule has 0 spiro atoms. The fourth-order valence-corrected chi connectivity index (χ4v) is 3.61. The van der Waals surface area contributed by atoms with Gasteiger partial charge >= 0.3 is 6.18 Å². The first-order chi connectivity index (χ1) is 13.3. The number of hydrogen-bond donors (Lipinski definition) is 0. The van der Waals surface area contributed by atoms with Gasteiger partial charge in [0.25, 0.3) is 0 Å². The van der Waals surface area contributed by atoms with Crippen molar-refractivity contribution in [2.75, 3.05) is 0 Å². The van der Waals surface area contributed by atoms with Crippen LogP contribution in [0, 0.1) is 0 Å². The molecule has 0 amide bonds. The zero-order valence-corrected chi connectivity index (χ0v) is 15.9. The van der Waals surface area contributed by atoms with Crippen molar-refractivity contribution < 1.29 is 13.2 Å². The highest BCUT2D eigenvalue weighted by atomic mass is 35.5.